The van der Waals surface area contributed by atoms with E-state index in [9.17, 15) is 14.4 Å². The first kappa shape index (κ1) is 17.4. The molecule has 0 bridgehead atoms. The lowest BCUT2D eigenvalue weighted by Gasteiger charge is -2.40. The average molecular weight is 301 g/mol. The van der Waals surface area contributed by atoms with Crippen molar-refractivity contribution in [1.82, 2.24) is 15.1 Å². The molecule has 1 unspecified atom stereocenters. The van der Waals surface area contributed by atoms with E-state index in [0.29, 0.717) is 32.6 Å². The maximum absolute atomic E-state index is 12.0. The van der Waals surface area contributed by atoms with E-state index in [0.717, 1.165) is 0 Å². The molecule has 0 radical (unpaired) electrons. The maximum Gasteiger partial charge on any atom is 0.317 e. The average Bonchev–Trinajstić information content (AvgIpc) is 2.42. The zero-order valence-corrected chi connectivity index (χ0v) is 12.5. The van der Waals surface area contributed by atoms with E-state index in [2.05, 4.69) is 5.32 Å². The molecule has 120 valence electrons. The monoisotopic (exact) mass is 301 g/mol. The fourth-order valence-corrected chi connectivity index (χ4v) is 2.26. The highest BCUT2D eigenvalue weighted by Gasteiger charge is 2.31. The summed E-state index contributed by atoms with van der Waals surface area (Å²) in [4.78, 5) is 37.2. The van der Waals surface area contributed by atoms with Crippen LogP contribution in [0.1, 0.15) is 13.3 Å². The number of ether oxygens (including phenoxy) is 1. The summed E-state index contributed by atoms with van der Waals surface area (Å²) in [7, 11) is 1.78. The number of nitrogens with one attached hydrogen (secondary N) is 1. The number of hydrogen-bond donors (Lipinski definition) is 2. The predicted molar refractivity (Wildman–Crippen MR) is 74.8 cm³/mol. The summed E-state index contributed by atoms with van der Waals surface area (Å²) in [5.74, 6) is -1.33. The highest BCUT2D eigenvalue weighted by atomic mass is 16.5. The third-order valence-electron chi connectivity index (χ3n) is 3.36. The molecular weight excluding hydrogens is 278 g/mol. The van der Waals surface area contributed by atoms with E-state index >= 15 is 0 Å². The Morgan fingerprint density at radius 2 is 2.05 bits per heavy atom. The molecule has 0 saturated carbocycles. The van der Waals surface area contributed by atoms with Crippen LogP contribution in [-0.2, 0) is 19.1 Å². The first-order valence-corrected chi connectivity index (χ1v) is 6.95. The lowest BCUT2D eigenvalue weighted by atomic mass is 10.1. The largest absolute Gasteiger partial charge is 0.480 e. The molecule has 0 aromatic rings. The van der Waals surface area contributed by atoms with Crippen LogP contribution < -0.4 is 5.32 Å². The van der Waals surface area contributed by atoms with Gasteiger partial charge >= 0.3 is 11.9 Å². The minimum Gasteiger partial charge on any atom is -0.480 e. The van der Waals surface area contributed by atoms with Crippen LogP contribution in [0.4, 0.5) is 0 Å². The standard InChI is InChI=1S/C13H23N3O5/c1-10(17)21-9-11-7-16(12(18)3-4-14-2)6-5-15(11)8-13(19)20/h11,14H,3-9H2,1-2H3,(H,19,20). The molecule has 0 aliphatic carbocycles. The van der Waals surface area contributed by atoms with Crippen LogP contribution in [0.2, 0.25) is 0 Å². The normalized spacial score (nSPS) is 19.3. The molecule has 1 atom stereocenters. The number of amides is 1. The number of carbonyl (C=O) groups is 3. The molecule has 1 aliphatic rings. The third kappa shape index (κ3) is 6.09. The number of carbonyl (C=O) groups excluding carboxylic acids is 2. The Morgan fingerprint density at radius 3 is 2.62 bits per heavy atom. The number of carboxylic acid groups (broad SMARTS) is 1. The minimum absolute atomic E-state index is 0.0205. The molecule has 2 N–H and O–H groups in total. The van der Waals surface area contributed by atoms with Crippen molar-refractivity contribution in [2.24, 2.45) is 0 Å². The smallest absolute Gasteiger partial charge is 0.317 e. The van der Waals surface area contributed by atoms with Crippen molar-refractivity contribution < 1.29 is 24.2 Å². The molecule has 1 amide bonds. The maximum atomic E-state index is 12.0. The van der Waals surface area contributed by atoms with Gasteiger partial charge in [-0.15, -0.1) is 0 Å². The number of piperazine rings is 1. The lowest BCUT2D eigenvalue weighted by Crippen LogP contribution is -2.57. The van der Waals surface area contributed by atoms with Crippen LogP contribution in [-0.4, -0.2) is 85.2 Å². The van der Waals surface area contributed by atoms with Gasteiger partial charge in [0.25, 0.3) is 0 Å². The van der Waals surface area contributed by atoms with Gasteiger partial charge in [-0.05, 0) is 7.05 Å². The van der Waals surface area contributed by atoms with Crippen molar-refractivity contribution in [3.63, 3.8) is 0 Å². The van der Waals surface area contributed by atoms with E-state index < -0.39 is 11.9 Å². The van der Waals surface area contributed by atoms with Gasteiger partial charge in [-0.3, -0.25) is 19.3 Å². The molecule has 1 fully saturated rings. The topological polar surface area (TPSA) is 99.2 Å². The van der Waals surface area contributed by atoms with Crippen molar-refractivity contribution in [2.45, 2.75) is 19.4 Å². The summed E-state index contributed by atoms with van der Waals surface area (Å²) in [6.45, 7) is 3.21. The molecule has 0 spiro atoms. The second-order valence-electron chi connectivity index (χ2n) is 5.01. The highest BCUT2D eigenvalue weighted by Crippen LogP contribution is 2.11. The van der Waals surface area contributed by atoms with Crippen LogP contribution in [0, 0.1) is 0 Å². The molecule has 0 aromatic carbocycles. The Labute approximate surface area is 124 Å². The van der Waals surface area contributed by atoms with E-state index in [-0.39, 0.29) is 25.1 Å². The third-order valence-corrected chi connectivity index (χ3v) is 3.36. The van der Waals surface area contributed by atoms with Crippen molar-refractivity contribution >= 4 is 17.8 Å². The summed E-state index contributed by atoms with van der Waals surface area (Å²) < 4.78 is 4.98. The van der Waals surface area contributed by atoms with E-state index in [1.165, 1.54) is 6.92 Å². The minimum atomic E-state index is -0.933. The number of aliphatic carboxylic acids is 1. The number of carboxylic acids is 1. The number of rotatable bonds is 7. The quantitative estimate of drug-likeness (QED) is 0.567. The fourth-order valence-electron chi connectivity index (χ4n) is 2.26. The zero-order chi connectivity index (χ0) is 15.8. The molecule has 8 nitrogen and oxygen atoms in total. The molecule has 8 heteroatoms. The number of esters is 1. The number of hydrogen-bond acceptors (Lipinski definition) is 6. The summed E-state index contributed by atoms with van der Waals surface area (Å²) >= 11 is 0. The summed E-state index contributed by atoms with van der Waals surface area (Å²) in [5, 5.41) is 11.8. The predicted octanol–water partition coefficient (Wildman–Crippen LogP) is -1.24. The zero-order valence-electron chi connectivity index (χ0n) is 12.5. The van der Waals surface area contributed by atoms with Gasteiger partial charge in [-0.25, -0.2) is 0 Å². The van der Waals surface area contributed by atoms with E-state index in [1.54, 1.807) is 16.8 Å². The van der Waals surface area contributed by atoms with E-state index in [1.807, 2.05) is 0 Å². The van der Waals surface area contributed by atoms with Crippen molar-refractivity contribution in [3.8, 4) is 0 Å². The first-order valence-electron chi connectivity index (χ1n) is 6.95. The first-order chi connectivity index (χ1) is 9.93. The Kier molecular flexibility index (Phi) is 7.10. The van der Waals surface area contributed by atoms with Crippen molar-refractivity contribution in [2.75, 3.05) is 46.4 Å². The molecule has 1 rings (SSSR count). The van der Waals surface area contributed by atoms with Gasteiger partial charge in [0, 0.05) is 39.5 Å². The second-order valence-corrected chi connectivity index (χ2v) is 5.01. The Balaban J connectivity index is 2.61. The Hall–Kier alpha value is -1.67. The highest BCUT2D eigenvalue weighted by molar-refractivity contribution is 5.76. The van der Waals surface area contributed by atoms with Gasteiger partial charge in [0.05, 0.1) is 12.6 Å². The fraction of sp³-hybridized carbons (Fsp3) is 0.769. The summed E-state index contributed by atoms with van der Waals surface area (Å²) in [6, 6.07) is -0.280. The van der Waals surface area contributed by atoms with Gasteiger partial charge in [-0.2, -0.15) is 0 Å². The summed E-state index contributed by atoms with van der Waals surface area (Å²) in [6.07, 6.45) is 0.399. The molecule has 0 aromatic heterocycles. The van der Waals surface area contributed by atoms with Gasteiger partial charge in [0.2, 0.25) is 5.91 Å². The van der Waals surface area contributed by atoms with Crippen LogP contribution >= 0.6 is 0 Å². The Morgan fingerprint density at radius 1 is 1.33 bits per heavy atom. The van der Waals surface area contributed by atoms with Gasteiger partial charge < -0.3 is 20.1 Å². The van der Waals surface area contributed by atoms with Crippen LogP contribution in [0.3, 0.4) is 0 Å². The Bertz CT molecular complexity index is 388. The molecule has 21 heavy (non-hydrogen) atoms. The van der Waals surface area contributed by atoms with Crippen LogP contribution in [0.25, 0.3) is 0 Å². The van der Waals surface area contributed by atoms with Crippen LogP contribution in [0.5, 0.6) is 0 Å². The van der Waals surface area contributed by atoms with Crippen molar-refractivity contribution in [3.05, 3.63) is 0 Å². The molecular formula is C13H23N3O5. The molecule has 1 aliphatic heterocycles. The lowest BCUT2D eigenvalue weighted by molar-refractivity contribution is -0.146. The summed E-state index contributed by atoms with van der Waals surface area (Å²) in [5.41, 5.74) is 0. The van der Waals surface area contributed by atoms with E-state index in [4.69, 9.17) is 9.84 Å². The van der Waals surface area contributed by atoms with Gasteiger partial charge in [0.1, 0.15) is 6.61 Å². The van der Waals surface area contributed by atoms with Gasteiger partial charge in [0.15, 0.2) is 0 Å². The SMILES string of the molecule is CNCCC(=O)N1CCN(CC(=O)O)C(COC(C)=O)C1. The van der Waals surface area contributed by atoms with Crippen molar-refractivity contribution in [1.29, 1.82) is 0 Å². The molecule has 1 heterocycles. The van der Waals surface area contributed by atoms with Gasteiger partial charge in [-0.1, -0.05) is 0 Å². The van der Waals surface area contributed by atoms with Crippen LogP contribution in [0.15, 0.2) is 0 Å². The second kappa shape index (κ2) is 8.58. The molecule has 1 saturated heterocycles. The number of nitrogens with zero attached hydrogens (tertiary/aromatic N) is 2.